The molecule has 0 aliphatic heterocycles. The van der Waals surface area contributed by atoms with Crippen molar-refractivity contribution in [3.05, 3.63) is 41.8 Å². The SMILES string of the molecule is CNC(=O)c1nc2cc(O)c(-c3ccc(N(C)[C@H]4C[C@]5(C)CCC[C@](C)(C4)C5)nn3)cc2cc1F. The standard InChI is InChI=1S/C27H32FN5O2/c1-26-8-5-9-27(2,15-26)14-17(13-26)33(4)23-7-6-20(31-32-23)18-10-16-11-19(28)24(25(35)29-3)30-21(16)12-22(18)34/h6-7,10-12,17,34H,5,8-9,13-15H2,1-4H3,(H,29,35)/t17-,26-,27+. The van der Waals surface area contributed by atoms with Gasteiger partial charge < -0.3 is 15.3 Å². The second-order valence-corrected chi connectivity index (χ2v) is 11.1. The number of nitrogens with zero attached hydrogens (tertiary/aromatic N) is 4. The smallest absolute Gasteiger partial charge is 0.272 e. The van der Waals surface area contributed by atoms with Gasteiger partial charge >= 0.3 is 0 Å². The molecule has 7 nitrogen and oxygen atoms in total. The lowest BCUT2D eigenvalue weighted by atomic mass is 9.55. The van der Waals surface area contributed by atoms with Crippen LogP contribution in [0.4, 0.5) is 10.2 Å². The number of carbonyl (C=O) groups excluding carboxylic acids is 1. The minimum atomic E-state index is -0.726. The van der Waals surface area contributed by atoms with Crippen molar-refractivity contribution in [3.63, 3.8) is 0 Å². The number of aromatic hydroxyl groups is 1. The molecule has 2 aliphatic carbocycles. The fourth-order valence-electron chi connectivity index (χ4n) is 6.49. The summed E-state index contributed by atoms with van der Waals surface area (Å²) in [7, 11) is 3.50. The van der Waals surface area contributed by atoms with E-state index in [0.29, 0.717) is 39.0 Å². The van der Waals surface area contributed by atoms with E-state index in [1.807, 2.05) is 12.1 Å². The third-order valence-corrected chi connectivity index (χ3v) is 8.03. The predicted molar refractivity (Wildman–Crippen MR) is 134 cm³/mol. The highest BCUT2D eigenvalue weighted by Gasteiger charge is 2.47. The molecule has 1 amide bonds. The van der Waals surface area contributed by atoms with Gasteiger partial charge in [0.05, 0.1) is 11.2 Å². The number of phenolic OH excluding ortho intramolecular Hbond substituents is 1. The molecule has 2 heterocycles. The van der Waals surface area contributed by atoms with Crippen LogP contribution in [-0.4, -0.2) is 46.3 Å². The van der Waals surface area contributed by atoms with Crippen molar-refractivity contribution in [2.45, 2.75) is 58.4 Å². The topological polar surface area (TPSA) is 91.2 Å². The molecule has 35 heavy (non-hydrogen) atoms. The van der Waals surface area contributed by atoms with E-state index in [-0.39, 0.29) is 11.4 Å². The molecule has 3 aromatic rings. The lowest BCUT2D eigenvalue weighted by Gasteiger charge is -2.54. The average Bonchev–Trinajstić information content (AvgIpc) is 2.81. The van der Waals surface area contributed by atoms with Gasteiger partial charge in [0.15, 0.2) is 17.3 Å². The van der Waals surface area contributed by atoms with Gasteiger partial charge in [0.1, 0.15) is 5.75 Å². The first kappa shape index (κ1) is 23.5. The Morgan fingerprint density at radius 3 is 2.49 bits per heavy atom. The van der Waals surface area contributed by atoms with Gasteiger partial charge in [0, 0.05) is 37.2 Å². The lowest BCUT2D eigenvalue weighted by Crippen LogP contribution is -2.49. The molecule has 184 valence electrons. The number of carbonyl (C=O) groups is 1. The maximum Gasteiger partial charge on any atom is 0.272 e. The third kappa shape index (κ3) is 4.30. The Hall–Kier alpha value is -3.29. The van der Waals surface area contributed by atoms with E-state index in [2.05, 4.69) is 46.3 Å². The van der Waals surface area contributed by atoms with Crippen LogP contribution in [0.25, 0.3) is 22.2 Å². The van der Waals surface area contributed by atoms with Gasteiger partial charge in [-0.15, -0.1) is 10.2 Å². The van der Waals surface area contributed by atoms with Crippen molar-refractivity contribution in [2.75, 3.05) is 19.0 Å². The number of amides is 1. The number of hydrogen-bond donors (Lipinski definition) is 2. The third-order valence-electron chi connectivity index (χ3n) is 8.03. The normalized spacial score (nSPS) is 25.9. The maximum atomic E-state index is 14.4. The Morgan fingerprint density at radius 1 is 1.14 bits per heavy atom. The van der Waals surface area contributed by atoms with Crippen molar-refractivity contribution >= 4 is 22.6 Å². The molecule has 0 saturated heterocycles. The average molecular weight is 478 g/mol. The molecular formula is C27H32FN5O2. The monoisotopic (exact) mass is 477 g/mol. The van der Waals surface area contributed by atoms with Crippen LogP contribution in [0.3, 0.4) is 0 Å². The van der Waals surface area contributed by atoms with Gasteiger partial charge in [-0.05, 0) is 67.2 Å². The van der Waals surface area contributed by atoms with Gasteiger partial charge in [-0.1, -0.05) is 20.3 Å². The lowest BCUT2D eigenvalue weighted by molar-refractivity contribution is 0.0141. The molecule has 2 fully saturated rings. The highest BCUT2D eigenvalue weighted by atomic mass is 19.1. The van der Waals surface area contributed by atoms with E-state index in [1.165, 1.54) is 44.9 Å². The summed E-state index contributed by atoms with van der Waals surface area (Å²) in [6, 6.07) is 8.44. The van der Waals surface area contributed by atoms with Crippen molar-refractivity contribution in [1.29, 1.82) is 0 Å². The summed E-state index contributed by atoms with van der Waals surface area (Å²) in [6.07, 6.45) is 7.52. The second kappa shape index (κ2) is 8.43. The number of phenols is 1. The van der Waals surface area contributed by atoms with Crippen molar-refractivity contribution in [2.24, 2.45) is 10.8 Å². The summed E-state index contributed by atoms with van der Waals surface area (Å²) in [6.45, 7) is 4.86. The first-order valence-electron chi connectivity index (χ1n) is 12.2. The first-order valence-corrected chi connectivity index (χ1v) is 12.2. The van der Waals surface area contributed by atoms with Crippen molar-refractivity contribution < 1.29 is 14.3 Å². The number of aromatic nitrogens is 3. The van der Waals surface area contributed by atoms with Crippen LogP contribution in [0.15, 0.2) is 30.3 Å². The number of benzene rings is 1. The number of hydrogen-bond acceptors (Lipinski definition) is 6. The number of rotatable bonds is 4. The summed E-state index contributed by atoms with van der Waals surface area (Å²) >= 11 is 0. The van der Waals surface area contributed by atoms with E-state index in [9.17, 15) is 14.3 Å². The van der Waals surface area contributed by atoms with E-state index in [0.717, 1.165) is 18.7 Å². The molecular weight excluding hydrogens is 445 g/mol. The number of nitrogens with one attached hydrogen (secondary N) is 1. The molecule has 0 unspecified atom stereocenters. The summed E-state index contributed by atoms with van der Waals surface area (Å²) in [5.74, 6) is -0.607. The van der Waals surface area contributed by atoms with Crippen LogP contribution in [0.2, 0.25) is 0 Å². The molecule has 1 aromatic carbocycles. The zero-order valence-electron chi connectivity index (χ0n) is 20.7. The summed E-state index contributed by atoms with van der Waals surface area (Å²) in [4.78, 5) is 18.2. The zero-order valence-corrected chi connectivity index (χ0v) is 20.7. The second-order valence-electron chi connectivity index (χ2n) is 11.1. The molecule has 2 saturated carbocycles. The Balaban J connectivity index is 1.41. The Morgan fingerprint density at radius 2 is 1.86 bits per heavy atom. The van der Waals surface area contributed by atoms with Crippen LogP contribution in [0, 0.1) is 16.6 Å². The molecule has 2 bridgehead atoms. The van der Waals surface area contributed by atoms with Gasteiger partial charge in [0.2, 0.25) is 0 Å². The maximum absolute atomic E-state index is 14.4. The number of fused-ring (bicyclic) bond motifs is 3. The Kier molecular flexibility index (Phi) is 5.65. The fourth-order valence-corrected chi connectivity index (χ4v) is 6.49. The first-order chi connectivity index (χ1) is 16.6. The molecule has 2 aliphatic rings. The van der Waals surface area contributed by atoms with Crippen molar-refractivity contribution in [1.82, 2.24) is 20.5 Å². The summed E-state index contributed by atoms with van der Waals surface area (Å²) in [5.41, 5.74) is 1.69. The van der Waals surface area contributed by atoms with Crippen LogP contribution in [0.1, 0.15) is 62.9 Å². The highest BCUT2D eigenvalue weighted by molar-refractivity contribution is 5.96. The molecule has 5 rings (SSSR count). The highest BCUT2D eigenvalue weighted by Crippen LogP contribution is 2.56. The van der Waals surface area contributed by atoms with Crippen LogP contribution in [-0.2, 0) is 0 Å². The largest absolute Gasteiger partial charge is 0.507 e. The molecule has 0 radical (unpaired) electrons. The number of anilines is 1. The van der Waals surface area contributed by atoms with E-state index in [1.54, 1.807) is 6.07 Å². The Bertz CT molecular complexity index is 1280. The number of halogens is 1. The van der Waals surface area contributed by atoms with Gasteiger partial charge in [-0.2, -0.15) is 0 Å². The molecule has 0 spiro atoms. The Labute approximate surface area is 204 Å². The van der Waals surface area contributed by atoms with Crippen molar-refractivity contribution in [3.8, 4) is 17.0 Å². The van der Waals surface area contributed by atoms with Crippen LogP contribution in [0.5, 0.6) is 5.75 Å². The summed E-state index contributed by atoms with van der Waals surface area (Å²) in [5, 5.41) is 22.3. The van der Waals surface area contributed by atoms with E-state index < -0.39 is 11.7 Å². The summed E-state index contributed by atoms with van der Waals surface area (Å²) < 4.78 is 14.4. The molecule has 2 aromatic heterocycles. The molecule has 3 atom stereocenters. The van der Waals surface area contributed by atoms with Gasteiger partial charge in [-0.25, -0.2) is 9.37 Å². The molecule has 2 N–H and O–H groups in total. The van der Waals surface area contributed by atoms with Gasteiger partial charge in [0.25, 0.3) is 5.91 Å². The molecule has 8 heteroatoms. The van der Waals surface area contributed by atoms with Crippen LogP contribution < -0.4 is 10.2 Å². The minimum absolute atomic E-state index is 0.0594. The minimum Gasteiger partial charge on any atom is -0.507 e. The fraction of sp³-hybridized carbons (Fsp3) is 0.481. The van der Waals surface area contributed by atoms with Crippen LogP contribution >= 0.6 is 0 Å². The predicted octanol–water partition coefficient (Wildman–Crippen LogP) is 5.08. The number of pyridine rings is 1. The van der Waals surface area contributed by atoms with Gasteiger partial charge in [-0.3, -0.25) is 4.79 Å². The zero-order chi connectivity index (χ0) is 25.0. The van der Waals surface area contributed by atoms with E-state index >= 15 is 0 Å². The quantitative estimate of drug-likeness (QED) is 0.544. The van der Waals surface area contributed by atoms with E-state index in [4.69, 9.17) is 0 Å².